The summed E-state index contributed by atoms with van der Waals surface area (Å²) >= 11 is 0. The van der Waals surface area contributed by atoms with Crippen molar-refractivity contribution in [1.29, 1.82) is 0 Å². The van der Waals surface area contributed by atoms with Gasteiger partial charge in [-0.2, -0.15) is 0 Å². The molecule has 0 aromatic rings. The molecule has 104 valence electrons. The van der Waals surface area contributed by atoms with Gasteiger partial charge in [0.2, 0.25) is 0 Å². The molecule has 0 fully saturated rings. The monoisotopic (exact) mass is 305 g/mol. The molecule has 0 rings (SSSR count). The van der Waals surface area contributed by atoms with E-state index in [1.165, 1.54) is 69.2 Å². The third-order valence-electron chi connectivity index (χ3n) is 3.47. The number of hydrogen-bond acceptors (Lipinski definition) is 0. The normalized spacial score (nSPS) is 11.0. The van der Waals surface area contributed by atoms with Gasteiger partial charge in [0.15, 0.2) is 0 Å². The molecule has 0 saturated carbocycles. The van der Waals surface area contributed by atoms with E-state index in [9.17, 15) is 0 Å². The molecule has 0 N–H and O–H groups in total. The van der Waals surface area contributed by atoms with Crippen LogP contribution in [0.4, 0.5) is 0 Å². The Bertz CT molecular complexity index is 147. The number of nitrogens with zero attached hydrogens (tertiary/aromatic N) is 1. The first-order chi connectivity index (χ1) is 7.74. The maximum Gasteiger partial charge on any atom is 0.0971 e. The molecule has 0 aliphatic heterocycles. The van der Waals surface area contributed by atoms with Gasteiger partial charge in [0.05, 0.1) is 26.2 Å². The SMILES string of the molecule is C=CC[N+](CCCC)(CCCC)CCCC.[Br-]. The van der Waals surface area contributed by atoms with E-state index in [4.69, 9.17) is 0 Å². The number of rotatable bonds is 11. The van der Waals surface area contributed by atoms with E-state index >= 15 is 0 Å². The summed E-state index contributed by atoms with van der Waals surface area (Å²) in [5, 5.41) is 0. The first kappa shape index (κ1) is 19.5. The van der Waals surface area contributed by atoms with Crippen LogP contribution in [0.15, 0.2) is 12.7 Å². The largest absolute Gasteiger partial charge is 1.00 e. The summed E-state index contributed by atoms with van der Waals surface area (Å²) in [6.07, 6.45) is 10.2. The predicted octanol–water partition coefficient (Wildman–Crippen LogP) is 1.39. The minimum absolute atomic E-state index is 0. The van der Waals surface area contributed by atoms with Crippen LogP contribution in [0.25, 0.3) is 0 Å². The first-order valence-electron chi connectivity index (χ1n) is 7.20. The maximum atomic E-state index is 3.95. The molecule has 1 nitrogen and oxygen atoms in total. The Morgan fingerprint density at radius 2 is 1.18 bits per heavy atom. The Hall–Kier alpha value is 0.180. The fourth-order valence-corrected chi connectivity index (χ4v) is 2.36. The summed E-state index contributed by atoms with van der Waals surface area (Å²) < 4.78 is 1.29. The number of quaternary nitrogens is 1. The molecular weight excluding hydrogens is 274 g/mol. The van der Waals surface area contributed by atoms with Crippen molar-refractivity contribution in [2.75, 3.05) is 26.2 Å². The van der Waals surface area contributed by atoms with Crippen molar-refractivity contribution in [1.82, 2.24) is 0 Å². The highest BCUT2D eigenvalue weighted by Gasteiger charge is 2.23. The van der Waals surface area contributed by atoms with Crippen LogP contribution in [-0.2, 0) is 0 Å². The highest BCUT2D eigenvalue weighted by molar-refractivity contribution is 4.66. The van der Waals surface area contributed by atoms with Crippen molar-refractivity contribution in [2.24, 2.45) is 0 Å². The van der Waals surface area contributed by atoms with E-state index in [1.807, 2.05) is 0 Å². The zero-order chi connectivity index (χ0) is 12.3. The fraction of sp³-hybridized carbons (Fsp3) is 0.867. The molecule has 0 atom stereocenters. The average molecular weight is 306 g/mol. The molecule has 0 aromatic carbocycles. The van der Waals surface area contributed by atoms with Crippen molar-refractivity contribution in [3.05, 3.63) is 12.7 Å². The zero-order valence-corrected chi connectivity index (χ0v) is 13.8. The summed E-state index contributed by atoms with van der Waals surface area (Å²) in [5.41, 5.74) is 0. The van der Waals surface area contributed by atoms with Gasteiger partial charge >= 0.3 is 0 Å². The van der Waals surface area contributed by atoms with Gasteiger partial charge in [0.1, 0.15) is 0 Å². The van der Waals surface area contributed by atoms with Crippen LogP contribution < -0.4 is 17.0 Å². The molecule has 0 aliphatic rings. The van der Waals surface area contributed by atoms with E-state index in [1.54, 1.807) is 0 Å². The van der Waals surface area contributed by atoms with Crippen molar-refractivity contribution in [3.63, 3.8) is 0 Å². The number of hydrogen-bond donors (Lipinski definition) is 0. The van der Waals surface area contributed by atoms with Gasteiger partial charge in [-0.1, -0.05) is 46.6 Å². The number of halogens is 1. The van der Waals surface area contributed by atoms with Crippen molar-refractivity contribution >= 4 is 0 Å². The van der Waals surface area contributed by atoms with Gasteiger partial charge in [-0.3, -0.25) is 0 Å². The van der Waals surface area contributed by atoms with Gasteiger partial charge in [-0.05, 0) is 25.3 Å². The first-order valence-corrected chi connectivity index (χ1v) is 7.20. The molecule has 17 heavy (non-hydrogen) atoms. The molecule has 0 aromatic heterocycles. The Balaban J connectivity index is 0. The third kappa shape index (κ3) is 8.84. The Kier molecular flexibility index (Phi) is 14.5. The quantitative estimate of drug-likeness (QED) is 0.400. The fourth-order valence-electron chi connectivity index (χ4n) is 2.36. The topological polar surface area (TPSA) is 0 Å². The molecule has 0 aliphatic carbocycles. The highest BCUT2D eigenvalue weighted by atomic mass is 79.9. The van der Waals surface area contributed by atoms with Gasteiger partial charge < -0.3 is 21.5 Å². The van der Waals surface area contributed by atoms with Crippen LogP contribution >= 0.6 is 0 Å². The Labute approximate surface area is 120 Å². The van der Waals surface area contributed by atoms with E-state index in [0.29, 0.717) is 0 Å². The summed E-state index contributed by atoms with van der Waals surface area (Å²) in [7, 11) is 0. The van der Waals surface area contributed by atoms with Gasteiger partial charge in [-0.25, -0.2) is 0 Å². The van der Waals surface area contributed by atoms with Gasteiger partial charge in [-0.15, -0.1) is 0 Å². The molecule has 0 saturated heterocycles. The van der Waals surface area contributed by atoms with Crippen LogP contribution in [-0.4, -0.2) is 30.7 Å². The second kappa shape index (κ2) is 12.6. The third-order valence-corrected chi connectivity index (χ3v) is 3.47. The second-order valence-electron chi connectivity index (χ2n) is 5.04. The lowest BCUT2D eigenvalue weighted by Gasteiger charge is -2.38. The lowest BCUT2D eigenvalue weighted by molar-refractivity contribution is -0.923. The Morgan fingerprint density at radius 1 is 0.824 bits per heavy atom. The minimum atomic E-state index is 0. The van der Waals surface area contributed by atoms with Crippen molar-refractivity contribution in [3.8, 4) is 0 Å². The summed E-state index contributed by atoms with van der Waals surface area (Å²) in [6, 6.07) is 0. The average Bonchev–Trinajstić information content (AvgIpc) is 2.31. The predicted molar refractivity (Wildman–Crippen MR) is 74.6 cm³/mol. The van der Waals surface area contributed by atoms with E-state index in [2.05, 4.69) is 33.4 Å². The van der Waals surface area contributed by atoms with Crippen molar-refractivity contribution in [2.45, 2.75) is 59.3 Å². The van der Waals surface area contributed by atoms with Crippen LogP contribution in [0.3, 0.4) is 0 Å². The molecular formula is C15H32BrN. The van der Waals surface area contributed by atoms with Gasteiger partial charge in [0.25, 0.3) is 0 Å². The summed E-state index contributed by atoms with van der Waals surface area (Å²) in [5.74, 6) is 0. The van der Waals surface area contributed by atoms with E-state index in [-0.39, 0.29) is 17.0 Å². The van der Waals surface area contributed by atoms with Crippen molar-refractivity contribution < 1.29 is 21.5 Å². The standard InChI is InChI=1S/C15H32N.BrH/c1-5-9-13-16(12-8-4,14-10-6-2)15-11-7-3;/h8H,4-7,9-15H2,1-3H3;1H/q+1;/p-1. The smallest absolute Gasteiger partial charge is 0.0971 e. The molecule has 0 spiro atoms. The van der Waals surface area contributed by atoms with Crippen LogP contribution in [0.1, 0.15) is 59.3 Å². The summed E-state index contributed by atoms with van der Waals surface area (Å²) in [4.78, 5) is 0. The lowest BCUT2D eigenvalue weighted by Crippen LogP contribution is -3.00. The molecule has 0 radical (unpaired) electrons. The van der Waals surface area contributed by atoms with Crippen LogP contribution in [0.2, 0.25) is 0 Å². The van der Waals surface area contributed by atoms with E-state index < -0.39 is 0 Å². The van der Waals surface area contributed by atoms with Crippen LogP contribution in [0.5, 0.6) is 0 Å². The molecule has 0 amide bonds. The highest BCUT2D eigenvalue weighted by Crippen LogP contribution is 2.14. The molecule has 0 bridgehead atoms. The molecule has 2 heteroatoms. The zero-order valence-electron chi connectivity index (χ0n) is 12.2. The van der Waals surface area contributed by atoms with Crippen LogP contribution in [0, 0.1) is 0 Å². The maximum absolute atomic E-state index is 3.95. The van der Waals surface area contributed by atoms with Gasteiger partial charge in [0, 0.05) is 0 Å². The van der Waals surface area contributed by atoms with E-state index in [0.717, 1.165) is 0 Å². The Morgan fingerprint density at radius 3 is 1.41 bits per heavy atom. The number of unbranched alkanes of at least 4 members (excludes halogenated alkanes) is 3. The minimum Gasteiger partial charge on any atom is -1.00 e. The lowest BCUT2D eigenvalue weighted by atomic mass is 10.1. The molecule has 0 unspecified atom stereocenters. The molecule has 0 heterocycles. The summed E-state index contributed by atoms with van der Waals surface area (Å²) in [6.45, 7) is 16.1. The second-order valence-corrected chi connectivity index (χ2v) is 5.04.